The van der Waals surface area contributed by atoms with Gasteiger partial charge in [0.15, 0.2) is 0 Å². The van der Waals surface area contributed by atoms with E-state index in [4.69, 9.17) is 0 Å². The summed E-state index contributed by atoms with van der Waals surface area (Å²) in [6.45, 7) is 4.02. The van der Waals surface area contributed by atoms with Crippen molar-refractivity contribution in [2.75, 3.05) is 13.1 Å². The van der Waals surface area contributed by atoms with Gasteiger partial charge in [0.25, 0.3) is 5.91 Å². The Hall–Kier alpha value is -1.07. The van der Waals surface area contributed by atoms with E-state index in [1.807, 2.05) is 0 Å². The van der Waals surface area contributed by atoms with Gasteiger partial charge in [-0.3, -0.25) is 9.48 Å². The molecule has 0 atom stereocenters. The molecule has 0 bridgehead atoms. The predicted octanol–water partition coefficient (Wildman–Crippen LogP) is 0.714. The second kappa shape index (κ2) is 5.51. The average molecular weight is 259 g/mol. The standard InChI is InChI=1S/C11H18N4O.ClH/c1-11(4-7-12-8-5-11)14-10(16)9-3-6-13-15(9)2;/h3,6,12H,4-5,7-8H2,1-2H3,(H,14,16);1H. The van der Waals surface area contributed by atoms with Crippen molar-refractivity contribution in [1.29, 1.82) is 0 Å². The van der Waals surface area contributed by atoms with E-state index in [1.165, 1.54) is 0 Å². The minimum absolute atomic E-state index is 0. The third kappa shape index (κ3) is 3.20. The van der Waals surface area contributed by atoms with Crippen LogP contribution >= 0.6 is 12.4 Å². The lowest BCUT2D eigenvalue weighted by Crippen LogP contribution is -2.52. The van der Waals surface area contributed by atoms with Gasteiger partial charge >= 0.3 is 0 Å². The number of nitrogens with one attached hydrogen (secondary N) is 2. The SMILES string of the molecule is Cl.Cn1nccc1C(=O)NC1(C)CCNCC1. The molecule has 17 heavy (non-hydrogen) atoms. The number of carbonyl (C=O) groups is 1. The molecule has 5 nitrogen and oxygen atoms in total. The molecule has 1 amide bonds. The van der Waals surface area contributed by atoms with E-state index < -0.39 is 0 Å². The Morgan fingerprint density at radius 2 is 2.18 bits per heavy atom. The molecular weight excluding hydrogens is 240 g/mol. The summed E-state index contributed by atoms with van der Waals surface area (Å²) in [5.74, 6) is -0.0376. The van der Waals surface area contributed by atoms with Crippen molar-refractivity contribution < 1.29 is 4.79 Å². The van der Waals surface area contributed by atoms with Crippen molar-refractivity contribution in [3.05, 3.63) is 18.0 Å². The van der Waals surface area contributed by atoms with Crippen molar-refractivity contribution >= 4 is 18.3 Å². The molecule has 1 aliphatic rings. The summed E-state index contributed by atoms with van der Waals surface area (Å²) in [7, 11) is 1.78. The molecule has 0 radical (unpaired) electrons. The first kappa shape index (κ1) is 14.0. The van der Waals surface area contributed by atoms with Crippen LogP contribution in [-0.2, 0) is 7.05 Å². The van der Waals surface area contributed by atoms with Crippen LogP contribution in [0.25, 0.3) is 0 Å². The van der Waals surface area contributed by atoms with Gasteiger partial charge in [0.05, 0.1) is 0 Å². The molecule has 1 aromatic rings. The van der Waals surface area contributed by atoms with Crippen LogP contribution in [0.4, 0.5) is 0 Å². The van der Waals surface area contributed by atoms with Gasteiger partial charge in [-0.2, -0.15) is 5.10 Å². The number of aryl methyl sites for hydroxylation is 1. The number of halogens is 1. The molecule has 2 N–H and O–H groups in total. The van der Waals surface area contributed by atoms with Crippen LogP contribution in [0.5, 0.6) is 0 Å². The molecule has 0 saturated carbocycles. The molecule has 2 rings (SSSR count). The Kier molecular flexibility index (Phi) is 4.54. The molecule has 1 aliphatic heterocycles. The highest BCUT2D eigenvalue weighted by molar-refractivity contribution is 5.92. The summed E-state index contributed by atoms with van der Waals surface area (Å²) in [6.07, 6.45) is 3.58. The normalized spacial score (nSPS) is 18.2. The zero-order valence-corrected chi connectivity index (χ0v) is 11.0. The van der Waals surface area contributed by atoms with Gasteiger partial charge in [0, 0.05) is 18.8 Å². The molecule has 6 heteroatoms. The zero-order chi connectivity index (χ0) is 11.6. The summed E-state index contributed by atoms with van der Waals surface area (Å²) in [4.78, 5) is 12.0. The third-order valence-corrected chi connectivity index (χ3v) is 3.18. The number of rotatable bonds is 2. The van der Waals surface area contributed by atoms with Gasteiger partial charge in [0.1, 0.15) is 5.69 Å². The Labute approximate surface area is 107 Å². The maximum absolute atomic E-state index is 12.0. The first-order valence-electron chi connectivity index (χ1n) is 5.62. The second-order valence-corrected chi connectivity index (χ2v) is 4.60. The molecule has 1 fully saturated rings. The summed E-state index contributed by atoms with van der Waals surface area (Å²) in [5, 5.41) is 10.4. The van der Waals surface area contributed by atoms with Crippen LogP contribution < -0.4 is 10.6 Å². The lowest BCUT2D eigenvalue weighted by molar-refractivity contribution is 0.0878. The van der Waals surface area contributed by atoms with Gasteiger partial charge < -0.3 is 10.6 Å². The van der Waals surface area contributed by atoms with E-state index in [9.17, 15) is 4.79 Å². The monoisotopic (exact) mass is 258 g/mol. The first-order valence-corrected chi connectivity index (χ1v) is 5.62. The second-order valence-electron chi connectivity index (χ2n) is 4.60. The van der Waals surface area contributed by atoms with Gasteiger partial charge in [-0.25, -0.2) is 0 Å². The summed E-state index contributed by atoms with van der Waals surface area (Å²) in [5.41, 5.74) is 0.520. The lowest BCUT2D eigenvalue weighted by atomic mass is 9.90. The van der Waals surface area contributed by atoms with E-state index >= 15 is 0 Å². The molecule has 96 valence electrons. The van der Waals surface area contributed by atoms with E-state index in [2.05, 4.69) is 22.7 Å². The molecule has 2 heterocycles. The average Bonchev–Trinajstić information content (AvgIpc) is 2.65. The highest BCUT2D eigenvalue weighted by atomic mass is 35.5. The highest BCUT2D eigenvalue weighted by Gasteiger charge is 2.29. The van der Waals surface area contributed by atoms with Crippen LogP contribution in [0.15, 0.2) is 12.3 Å². The molecule has 0 spiro atoms. The molecule has 0 aliphatic carbocycles. The van der Waals surface area contributed by atoms with E-state index in [-0.39, 0.29) is 23.9 Å². The van der Waals surface area contributed by atoms with Gasteiger partial charge in [-0.05, 0) is 38.9 Å². The van der Waals surface area contributed by atoms with Crippen LogP contribution in [0.2, 0.25) is 0 Å². The van der Waals surface area contributed by atoms with Crippen LogP contribution in [0.3, 0.4) is 0 Å². The summed E-state index contributed by atoms with van der Waals surface area (Å²) < 4.78 is 1.60. The number of hydrogen-bond donors (Lipinski definition) is 2. The summed E-state index contributed by atoms with van der Waals surface area (Å²) in [6, 6.07) is 1.74. The van der Waals surface area contributed by atoms with Crippen molar-refractivity contribution in [1.82, 2.24) is 20.4 Å². The molecule has 1 saturated heterocycles. The van der Waals surface area contributed by atoms with Crippen LogP contribution in [0, 0.1) is 0 Å². The Morgan fingerprint density at radius 3 is 2.71 bits per heavy atom. The Balaban J connectivity index is 0.00000144. The number of carbonyl (C=O) groups excluding carboxylic acids is 1. The lowest BCUT2D eigenvalue weighted by Gasteiger charge is -2.34. The molecular formula is C11H19ClN4O. The molecule has 0 aromatic carbocycles. The Bertz CT molecular complexity index is 385. The van der Waals surface area contributed by atoms with Crippen molar-refractivity contribution in [2.45, 2.75) is 25.3 Å². The quantitative estimate of drug-likeness (QED) is 0.822. The smallest absolute Gasteiger partial charge is 0.269 e. The fraction of sp³-hybridized carbons (Fsp3) is 0.636. The topological polar surface area (TPSA) is 59.0 Å². The van der Waals surface area contributed by atoms with Crippen molar-refractivity contribution in [3.63, 3.8) is 0 Å². The van der Waals surface area contributed by atoms with E-state index in [0.29, 0.717) is 5.69 Å². The van der Waals surface area contributed by atoms with Crippen LogP contribution in [0.1, 0.15) is 30.3 Å². The largest absolute Gasteiger partial charge is 0.345 e. The maximum Gasteiger partial charge on any atom is 0.269 e. The number of nitrogens with zero attached hydrogens (tertiary/aromatic N) is 2. The van der Waals surface area contributed by atoms with Crippen molar-refractivity contribution in [3.8, 4) is 0 Å². The predicted molar refractivity (Wildman–Crippen MR) is 68.4 cm³/mol. The van der Waals surface area contributed by atoms with E-state index in [1.54, 1.807) is 24.0 Å². The van der Waals surface area contributed by atoms with E-state index in [0.717, 1.165) is 25.9 Å². The van der Waals surface area contributed by atoms with Gasteiger partial charge in [-0.15, -0.1) is 12.4 Å². The number of amides is 1. The fourth-order valence-electron chi connectivity index (χ4n) is 2.04. The highest BCUT2D eigenvalue weighted by Crippen LogP contribution is 2.17. The van der Waals surface area contributed by atoms with Gasteiger partial charge in [-0.1, -0.05) is 0 Å². The molecule has 0 unspecified atom stereocenters. The molecule has 1 aromatic heterocycles. The number of aromatic nitrogens is 2. The number of piperidine rings is 1. The third-order valence-electron chi connectivity index (χ3n) is 3.18. The number of hydrogen-bond acceptors (Lipinski definition) is 3. The van der Waals surface area contributed by atoms with Crippen LogP contribution in [-0.4, -0.2) is 34.3 Å². The summed E-state index contributed by atoms with van der Waals surface area (Å²) >= 11 is 0. The maximum atomic E-state index is 12.0. The minimum atomic E-state index is -0.0907. The van der Waals surface area contributed by atoms with Crippen molar-refractivity contribution in [2.24, 2.45) is 7.05 Å². The fourth-order valence-corrected chi connectivity index (χ4v) is 2.04. The Morgan fingerprint density at radius 1 is 1.53 bits per heavy atom. The first-order chi connectivity index (χ1) is 7.61. The van der Waals surface area contributed by atoms with Gasteiger partial charge in [0.2, 0.25) is 0 Å². The minimum Gasteiger partial charge on any atom is -0.345 e. The zero-order valence-electron chi connectivity index (χ0n) is 10.2.